The molecule has 0 bridgehead atoms. The van der Waals surface area contributed by atoms with E-state index < -0.39 is 0 Å². The molecule has 0 aromatic heterocycles. The maximum absolute atomic E-state index is 5.19. The van der Waals surface area contributed by atoms with Crippen molar-refractivity contribution >= 4 is 5.69 Å². The van der Waals surface area contributed by atoms with Crippen molar-refractivity contribution in [2.24, 2.45) is 5.92 Å². The maximum Gasteiger partial charge on any atom is 0.0503 e. The molecule has 18 heavy (non-hydrogen) atoms. The van der Waals surface area contributed by atoms with Gasteiger partial charge in [0, 0.05) is 18.8 Å². The molecular weight excluding hydrogens is 222 g/mol. The van der Waals surface area contributed by atoms with E-state index in [1.165, 1.54) is 36.9 Å². The van der Waals surface area contributed by atoms with Crippen LogP contribution in [0.4, 0.5) is 5.69 Å². The molecule has 2 nitrogen and oxygen atoms in total. The summed E-state index contributed by atoms with van der Waals surface area (Å²) in [7, 11) is 1.76. The molecular formula is C16H25NO. The van der Waals surface area contributed by atoms with Gasteiger partial charge in [-0.3, -0.25) is 0 Å². The van der Waals surface area contributed by atoms with Gasteiger partial charge in [-0.1, -0.05) is 38.0 Å². The van der Waals surface area contributed by atoms with Crippen molar-refractivity contribution in [1.82, 2.24) is 0 Å². The monoisotopic (exact) mass is 247 g/mol. The van der Waals surface area contributed by atoms with Gasteiger partial charge in [-0.2, -0.15) is 0 Å². The van der Waals surface area contributed by atoms with Crippen LogP contribution in [0.1, 0.15) is 38.2 Å². The van der Waals surface area contributed by atoms with Gasteiger partial charge in [0.25, 0.3) is 0 Å². The van der Waals surface area contributed by atoms with Gasteiger partial charge >= 0.3 is 0 Å². The van der Waals surface area contributed by atoms with Crippen molar-refractivity contribution in [2.45, 2.75) is 45.1 Å². The highest BCUT2D eigenvalue weighted by molar-refractivity contribution is 5.52. The molecule has 1 aromatic carbocycles. The van der Waals surface area contributed by atoms with E-state index in [2.05, 4.69) is 36.5 Å². The molecule has 2 unspecified atom stereocenters. The third-order valence-electron chi connectivity index (χ3n) is 4.12. The quantitative estimate of drug-likeness (QED) is 0.824. The molecule has 1 aromatic rings. The van der Waals surface area contributed by atoms with Crippen molar-refractivity contribution < 1.29 is 4.74 Å². The lowest BCUT2D eigenvalue weighted by molar-refractivity contribution is 0.202. The first kappa shape index (κ1) is 13.4. The van der Waals surface area contributed by atoms with E-state index in [0.717, 1.165) is 18.9 Å². The normalized spacial score (nSPS) is 23.2. The van der Waals surface area contributed by atoms with E-state index in [9.17, 15) is 0 Å². The second-order valence-corrected chi connectivity index (χ2v) is 5.25. The minimum atomic E-state index is 0.665. The summed E-state index contributed by atoms with van der Waals surface area (Å²) in [6, 6.07) is 9.31. The van der Waals surface area contributed by atoms with Crippen molar-refractivity contribution in [3.63, 3.8) is 0 Å². The first-order chi connectivity index (χ1) is 8.85. The zero-order valence-corrected chi connectivity index (χ0v) is 11.6. The minimum absolute atomic E-state index is 0.665. The van der Waals surface area contributed by atoms with Gasteiger partial charge in [0.1, 0.15) is 0 Å². The van der Waals surface area contributed by atoms with Crippen LogP contribution in [0.25, 0.3) is 0 Å². The third-order valence-corrected chi connectivity index (χ3v) is 4.12. The number of benzene rings is 1. The Balaban J connectivity index is 2.03. The highest BCUT2D eigenvalue weighted by Gasteiger charge is 2.25. The van der Waals surface area contributed by atoms with Gasteiger partial charge in [-0.15, -0.1) is 0 Å². The number of ether oxygens (including phenoxy) is 1. The van der Waals surface area contributed by atoms with E-state index in [4.69, 9.17) is 4.74 Å². The van der Waals surface area contributed by atoms with Crippen molar-refractivity contribution in [3.8, 4) is 0 Å². The molecule has 1 N–H and O–H groups in total. The average Bonchev–Trinajstić information content (AvgIpc) is 2.85. The van der Waals surface area contributed by atoms with Gasteiger partial charge in [0.05, 0.1) is 6.61 Å². The molecule has 0 saturated heterocycles. The molecule has 0 amide bonds. The van der Waals surface area contributed by atoms with Gasteiger partial charge in [-0.05, 0) is 36.8 Å². The van der Waals surface area contributed by atoms with Crippen molar-refractivity contribution in [3.05, 3.63) is 29.8 Å². The largest absolute Gasteiger partial charge is 0.384 e. The standard InChI is InChI=1S/C16H25NO/c1-3-13-8-6-10-15(13)17-16-9-5-4-7-14(16)11-12-18-2/h4-5,7,9,13,15,17H,3,6,8,10-12H2,1-2H3. The Labute approximate surface area is 111 Å². The van der Waals surface area contributed by atoms with Crippen LogP contribution in [0.15, 0.2) is 24.3 Å². The van der Waals surface area contributed by atoms with Gasteiger partial charge in [0.15, 0.2) is 0 Å². The SMILES string of the molecule is CCC1CCCC1Nc1ccccc1CCOC. The second-order valence-electron chi connectivity index (χ2n) is 5.25. The summed E-state index contributed by atoms with van der Waals surface area (Å²) in [5, 5.41) is 3.76. The lowest BCUT2D eigenvalue weighted by atomic mass is 9.99. The first-order valence-electron chi connectivity index (χ1n) is 7.18. The zero-order valence-electron chi connectivity index (χ0n) is 11.6. The van der Waals surface area contributed by atoms with Crippen LogP contribution in [0.5, 0.6) is 0 Å². The summed E-state index contributed by atoms with van der Waals surface area (Å²) in [4.78, 5) is 0. The van der Waals surface area contributed by atoms with E-state index in [1.54, 1.807) is 7.11 Å². The summed E-state index contributed by atoms with van der Waals surface area (Å²) in [6.45, 7) is 3.10. The molecule has 0 radical (unpaired) electrons. The minimum Gasteiger partial charge on any atom is -0.384 e. The Bertz CT molecular complexity index is 364. The second kappa shape index (κ2) is 6.79. The van der Waals surface area contributed by atoms with E-state index in [1.807, 2.05) is 0 Å². The number of rotatable bonds is 6. The molecule has 1 saturated carbocycles. The molecule has 2 rings (SSSR count). The Morgan fingerprint density at radius 2 is 2.11 bits per heavy atom. The van der Waals surface area contributed by atoms with Gasteiger partial charge < -0.3 is 10.1 Å². The Morgan fingerprint density at radius 3 is 2.89 bits per heavy atom. The Hall–Kier alpha value is -1.02. The fourth-order valence-corrected chi connectivity index (χ4v) is 3.01. The molecule has 0 heterocycles. The van der Waals surface area contributed by atoms with Crippen LogP contribution >= 0.6 is 0 Å². The fraction of sp³-hybridized carbons (Fsp3) is 0.625. The zero-order chi connectivity index (χ0) is 12.8. The van der Waals surface area contributed by atoms with Crippen LogP contribution in [-0.2, 0) is 11.2 Å². The Kier molecular flexibility index (Phi) is 5.06. The van der Waals surface area contributed by atoms with Crippen molar-refractivity contribution in [2.75, 3.05) is 19.0 Å². The molecule has 1 aliphatic carbocycles. The van der Waals surface area contributed by atoms with Gasteiger partial charge in [-0.25, -0.2) is 0 Å². The molecule has 100 valence electrons. The predicted octanol–water partition coefficient (Wildman–Crippen LogP) is 3.87. The number of hydrogen-bond donors (Lipinski definition) is 1. The van der Waals surface area contributed by atoms with Crippen molar-refractivity contribution in [1.29, 1.82) is 0 Å². The fourth-order valence-electron chi connectivity index (χ4n) is 3.01. The lowest BCUT2D eigenvalue weighted by Crippen LogP contribution is -2.24. The summed E-state index contributed by atoms with van der Waals surface area (Å²) in [5.41, 5.74) is 2.68. The summed E-state index contributed by atoms with van der Waals surface area (Å²) in [6.07, 6.45) is 6.35. The molecule has 2 heteroatoms. The van der Waals surface area contributed by atoms with E-state index in [0.29, 0.717) is 6.04 Å². The molecule has 1 fully saturated rings. The summed E-state index contributed by atoms with van der Waals surface area (Å²) in [5.74, 6) is 0.848. The summed E-state index contributed by atoms with van der Waals surface area (Å²) < 4.78 is 5.19. The first-order valence-corrected chi connectivity index (χ1v) is 7.18. The maximum atomic E-state index is 5.19. The van der Waals surface area contributed by atoms with Gasteiger partial charge in [0.2, 0.25) is 0 Å². The topological polar surface area (TPSA) is 21.3 Å². The number of hydrogen-bond acceptors (Lipinski definition) is 2. The van der Waals surface area contributed by atoms with E-state index in [-0.39, 0.29) is 0 Å². The highest BCUT2D eigenvalue weighted by atomic mass is 16.5. The highest BCUT2D eigenvalue weighted by Crippen LogP contribution is 2.31. The molecule has 1 aliphatic rings. The molecule has 2 atom stereocenters. The number of anilines is 1. The summed E-state index contributed by atoms with van der Waals surface area (Å²) >= 11 is 0. The van der Waals surface area contributed by atoms with Crippen LogP contribution in [-0.4, -0.2) is 19.8 Å². The number of para-hydroxylation sites is 1. The van der Waals surface area contributed by atoms with E-state index >= 15 is 0 Å². The smallest absolute Gasteiger partial charge is 0.0503 e. The van der Waals surface area contributed by atoms with Crippen LogP contribution in [0.3, 0.4) is 0 Å². The number of methoxy groups -OCH3 is 1. The number of nitrogens with one attached hydrogen (secondary N) is 1. The van der Waals surface area contributed by atoms with Crippen LogP contribution in [0.2, 0.25) is 0 Å². The van der Waals surface area contributed by atoms with Crippen LogP contribution < -0.4 is 5.32 Å². The average molecular weight is 247 g/mol. The van der Waals surface area contributed by atoms with Crippen LogP contribution in [0, 0.1) is 5.92 Å². The lowest BCUT2D eigenvalue weighted by Gasteiger charge is -2.22. The third kappa shape index (κ3) is 3.26. The Morgan fingerprint density at radius 1 is 1.28 bits per heavy atom. The molecule has 0 aliphatic heterocycles. The molecule has 0 spiro atoms. The predicted molar refractivity (Wildman–Crippen MR) is 77.1 cm³/mol.